The lowest BCUT2D eigenvalue weighted by atomic mass is 10.0. The minimum absolute atomic E-state index is 0.348. The highest BCUT2D eigenvalue weighted by Gasteiger charge is 2.34. The molecule has 1 amide bonds. The summed E-state index contributed by atoms with van der Waals surface area (Å²) in [4.78, 5) is 26.7. The van der Waals surface area contributed by atoms with E-state index >= 15 is 0 Å². The molecule has 2 aromatic rings. The van der Waals surface area contributed by atoms with Gasteiger partial charge in [0.05, 0.1) is 25.8 Å². The Morgan fingerprint density at radius 3 is 2.60 bits per heavy atom. The van der Waals surface area contributed by atoms with Gasteiger partial charge in [0.1, 0.15) is 23.1 Å². The molecule has 3 rings (SSSR count). The Morgan fingerprint density at radius 1 is 1.23 bits per heavy atom. The van der Waals surface area contributed by atoms with Crippen molar-refractivity contribution in [2.75, 3.05) is 20.8 Å². The summed E-state index contributed by atoms with van der Waals surface area (Å²) < 4.78 is 50.5. The van der Waals surface area contributed by atoms with Crippen molar-refractivity contribution in [2.45, 2.75) is 31.6 Å². The van der Waals surface area contributed by atoms with E-state index in [4.69, 9.17) is 21.1 Å². The summed E-state index contributed by atoms with van der Waals surface area (Å²) in [6, 6.07) is 5.44. The molecule has 0 spiro atoms. The highest BCUT2D eigenvalue weighted by atomic mass is 35.5. The van der Waals surface area contributed by atoms with E-state index in [0.717, 1.165) is 5.56 Å². The van der Waals surface area contributed by atoms with Crippen molar-refractivity contribution in [3.8, 4) is 11.5 Å². The monoisotopic (exact) mass is 444 g/mol. The maximum absolute atomic E-state index is 13.1. The molecule has 30 heavy (non-hydrogen) atoms. The third-order valence-electron chi connectivity index (χ3n) is 5.04. The highest BCUT2D eigenvalue weighted by molar-refractivity contribution is 6.30. The van der Waals surface area contributed by atoms with Gasteiger partial charge < -0.3 is 18.9 Å². The number of alkyl halides is 3. The lowest BCUT2D eigenvalue weighted by Gasteiger charge is -2.27. The number of pyridine rings is 1. The Bertz CT molecular complexity index is 1010. The summed E-state index contributed by atoms with van der Waals surface area (Å²) in [5.41, 5.74) is -1.21. The second-order valence-corrected chi connectivity index (χ2v) is 7.27. The van der Waals surface area contributed by atoms with Gasteiger partial charge in [0.2, 0.25) is 5.91 Å². The van der Waals surface area contributed by atoms with Crippen LogP contribution in [0.3, 0.4) is 0 Å². The van der Waals surface area contributed by atoms with Crippen molar-refractivity contribution in [2.24, 2.45) is 0 Å². The quantitative estimate of drug-likeness (QED) is 0.701. The smallest absolute Gasteiger partial charge is 0.417 e. The van der Waals surface area contributed by atoms with E-state index < -0.39 is 34.8 Å². The van der Waals surface area contributed by atoms with Gasteiger partial charge in [0.15, 0.2) is 0 Å². The van der Waals surface area contributed by atoms with E-state index in [2.05, 4.69) is 0 Å². The topological polar surface area (TPSA) is 60.8 Å². The van der Waals surface area contributed by atoms with Crippen LogP contribution in [-0.4, -0.2) is 36.1 Å². The number of carbonyl (C=O) groups excluding carboxylic acids is 1. The summed E-state index contributed by atoms with van der Waals surface area (Å²) in [6.07, 6.45) is -2.72. The molecule has 1 saturated heterocycles. The molecule has 0 saturated carbocycles. The first kappa shape index (κ1) is 22.0. The van der Waals surface area contributed by atoms with Crippen LogP contribution < -0.4 is 15.0 Å². The number of aromatic nitrogens is 1. The van der Waals surface area contributed by atoms with Crippen molar-refractivity contribution in [1.29, 1.82) is 0 Å². The number of likely N-dealkylation sites (tertiary alicyclic amines) is 1. The molecule has 0 radical (unpaired) electrons. The summed E-state index contributed by atoms with van der Waals surface area (Å²) in [7, 11) is 3.03. The zero-order chi connectivity index (χ0) is 22.1. The lowest BCUT2D eigenvalue weighted by molar-refractivity contribution is -0.139. The van der Waals surface area contributed by atoms with Gasteiger partial charge in [-0.1, -0.05) is 11.6 Å². The molecule has 10 heteroatoms. The molecule has 1 unspecified atom stereocenters. The average Bonchev–Trinajstić information content (AvgIpc) is 3.19. The summed E-state index contributed by atoms with van der Waals surface area (Å²) in [5, 5.41) is -0.593. The van der Waals surface area contributed by atoms with Crippen LogP contribution in [0.15, 0.2) is 35.3 Å². The van der Waals surface area contributed by atoms with Crippen LogP contribution in [0.4, 0.5) is 13.2 Å². The summed E-state index contributed by atoms with van der Waals surface area (Å²) in [6.45, 7) is -0.142. The zero-order valence-corrected chi connectivity index (χ0v) is 17.1. The van der Waals surface area contributed by atoms with E-state index in [1.807, 2.05) is 0 Å². The Hall–Kier alpha value is -2.68. The number of ether oxygens (including phenoxy) is 2. The van der Waals surface area contributed by atoms with E-state index in [9.17, 15) is 22.8 Å². The number of amides is 1. The lowest BCUT2D eigenvalue weighted by Crippen LogP contribution is -2.36. The molecule has 0 N–H and O–H groups in total. The maximum Gasteiger partial charge on any atom is 0.417 e. The molecule has 162 valence electrons. The molecule has 1 aliphatic heterocycles. The number of benzene rings is 1. The minimum Gasteiger partial charge on any atom is -0.497 e. The molecule has 0 bridgehead atoms. The van der Waals surface area contributed by atoms with Gasteiger partial charge in [0.25, 0.3) is 5.56 Å². The van der Waals surface area contributed by atoms with Gasteiger partial charge in [0, 0.05) is 18.3 Å². The molecule has 1 aromatic carbocycles. The van der Waals surface area contributed by atoms with Crippen LogP contribution >= 0.6 is 11.6 Å². The van der Waals surface area contributed by atoms with E-state index in [1.54, 1.807) is 18.2 Å². The number of carbonyl (C=O) groups is 1. The molecule has 2 heterocycles. The Morgan fingerprint density at radius 2 is 1.97 bits per heavy atom. The van der Waals surface area contributed by atoms with Crippen molar-refractivity contribution < 1.29 is 27.4 Å². The molecule has 1 aromatic heterocycles. The largest absolute Gasteiger partial charge is 0.497 e. The van der Waals surface area contributed by atoms with Crippen LogP contribution in [0.5, 0.6) is 11.5 Å². The SMILES string of the molecule is COc1ccc(OC)c(C2CCCN2C(=O)Cn2cc(C(F)(F)F)cc(Cl)c2=O)c1. The third-order valence-corrected chi connectivity index (χ3v) is 5.32. The molecular formula is C20H20ClF3N2O4. The predicted octanol–water partition coefficient (Wildman–Crippen LogP) is 3.90. The summed E-state index contributed by atoms with van der Waals surface area (Å²) in [5.74, 6) is 0.672. The number of hydrogen-bond donors (Lipinski definition) is 0. The third kappa shape index (κ3) is 4.40. The van der Waals surface area contributed by atoms with Gasteiger partial charge in [-0.3, -0.25) is 9.59 Å². The number of halogens is 4. The fourth-order valence-corrected chi connectivity index (χ4v) is 3.82. The Balaban J connectivity index is 1.91. The van der Waals surface area contributed by atoms with Crippen molar-refractivity contribution >= 4 is 17.5 Å². The van der Waals surface area contributed by atoms with Gasteiger partial charge in [-0.15, -0.1) is 0 Å². The maximum atomic E-state index is 13.1. The van der Waals surface area contributed by atoms with Crippen LogP contribution in [0.1, 0.15) is 30.0 Å². The number of rotatable bonds is 5. The van der Waals surface area contributed by atoms with E-state index in [0.29, 0.717) is 47.7 Å². The second-order valence-electron chi connectivity index (χ2n) is 6.86. The highest BCUT2D eigenvalue weighted by Crippen LogP contribution is 2.39. The standard InChI is InChI=1S/C20H20ClF3N2O4/c1-29-13-5-6-17(30-2)14(9-13)16-4-3-7-26(16)18(27)11-25-10-12(20(22,23)24)8-15(21)19(25)28/h5-6,8-10,16H,3-4,7,11H2,1-2H3. The predicted molar refractivity (Wildman–Crippen MR) is 104 cm³/mol. The van der Waals surface area contributed by atoms with E-state index in [-0.39, 0.29) is 6.04 Å². The fourth-order valence-electron chi connectivity index (χ4n) is 3.60. The van der Waals surface area contributed by atoms with Crippen LogP contribution in [0.2, 0.25) is 5.02 Å². The molecule has 1 atom stereocenters. The summed E-state index contributed by atoms with van der Waals surface area (Å²) >= 11 is 5.68. The average molecular weight is 445 g/mol. The molecule has 1 aliphatic rings. The first-order valence-corrected chi connectivity index (χ1v) is 9.52. The van der Waals surface area contributed by atoms with Crippen LogP contribution in [-0.2, 0) is 17.5 Å². The van der Waals surface area contributed by atoms with Gasteiger partial charge in [-0.05, 0) is 37.1 Å². The molecule has 6 nitrogen and oxygen atoms in total. The molecule has 0 aliphatic carbocycles. The van der Waals surface area contributed by atoms with Gasteiger partial charge in [-0.2, -0.15) is 13.2 Å². The van der Waals surface area contributed by atoms with E-state index in [1.165, 1.54) is 19.1 Å². The number of methoxy groups -OCH3 is 2. The molecular weight excluding hydrogens is 425 g/mol. The zero-order valence-electron chi connectivity index (χ0n) is 16.3. The van der Waals surface area contributed by atoms with Crippen LogP contribution in [0.25, 0.3) is 0 Å². The van der Waals surface area contributed by atoms with Gasteiger partial charge >= 0.3 is 6.18 Å². The van der Waals surface area contributed by atoms with Gasteiger partial charge in [-0.25, -0.2) is 0 Å². The fraction of sp³-hybridized carbons (Fsp3) is 0.400. The number of hydrogen-bond acceptors (Lipinski definition) is 4. The van der Waals surface area contributed by atoms with Crippen LogP contribution in [0, 0.1) is 0 Å². The Labute approximate surface area is 175 Å². The second kappa shape index (κ2) is 8.59. The minimum atomic E-state index is -4.69. The molecule has 1 fully saturated rings. The van der Waals surface area contributed by atoms with Crippen molar-refractivity contribution in [3.05, 3.63) is 57.0 Å². The number of nitrogens with zero attached hydrogens (tertiary/aromatic N) is 2. The first-order chi connectivity index (χ1) is 14.2. The first-order valence-electron chi connectivity index (χ1n) is 9.14. The van der Waals surface area contributed by atoms with Crippen molar-refractivity contribution in [1.82, 2.24) is 9.47 Å². The normalized spacial score (nSPS) is 16.6. The van der Waals surface area contributed by atoms with Crippen molar-refractivity contribution in [3.63, 3.8) is 0 Å². The Kier molecular flexibility index (Phi) is 6.30.